The Bertz CT molecular complexity index is 223. The van der Waals surface area contributed by atoms with E-state index in [1.807, 2.05) is 0 Å². The topological polar surface area (TPSA) is 52.6 Å². The normalized spacial score (nSPS) is 33.4. The number of esters is 2. The smallest absolute Gasteiger partial charge is 0.309 e. The van der Waals surface area contributed by atoms with Crippen molar-refractivity contribution >= 4 is 11.9 Å². The van der Waals surface area contributed by atoms with Crippen LogP contribution >= 0.6 is 0 Å². The highest BCUT2D eigenvalue weighted by atomic mass is 16.5. The minimum atomic E-state index is -0.253. The quantitative estimate of drug-likeness (QED) is 0.587. The van der Waals surface area contributed by atoms with Gasteiger partial charge in [0, 0.05) is 0 Å². The molecule has 0 bridgehead atoms. The largest absolute Gasteiger partial charge is 0.465 e. The van der Waals surface area contributed by atoms with Crippen molar-refractivity contribution in [3.63, 3.8) is 0 Å². The maximum atomic E-state index is 11.4. The molecule has 2 rings (SSSR count). The van der Waals surface area contributed by atoms with E-state index in [0.29, 0.717) is 13.2 Å². The molecule has 2 heterocycles. The molecule has 4 nitrogen and oxygen atoms in total. The van der Waals surface area contributed by atoms with Gasteiger partial charge in [-0.15, -0.1) is 0 Å². The molecule has 78 valence electrons. The number of carbonyl (C=O) groups is 2. The fraction of sp³-hybridized carbons (Fsp3) is 0.800. The molecule has 0 aromatic carbocycles. The molecule has 0 aromatic rings. The summed E-state index contributed by atoms with van der Waals surface area (Å²) in [6.45, 7) is 0.994. The van der Waals surface area contributed by atoms with Crippen molar-refractivity contribution in [3.8, 4) is 0 Å². The molecule has 0 N–H and O–H groups in total. The lowest BCUT2D eigenvalue weighted by Gasteiger charge is -2.29. The van der Waals surface area contributed by atoms with E-state index in [9.17, 15) is 9.59 Å². The third kappa shape index (κ3) is 1.74. The maximum absolute atomic E-state index is 11.4. The molecule has 0 aromatic heterocycles. The van der Waals surface area contributed by atoms with Crippen molar-refractivity contribution in [3.05, 3.63) is 0 Å². The molecule has 14 heavy (non-hydrogen) atoms. The van der Waals surface area contributed by atoms with Crippen molar-refractivity contribution < 1.29 is 19.1 Å². The standard InChI is InChI=1S/C10H14O4/c11-9-7(3-1-5-13-9)8-4-2-6-14-10(8)12/h7-8H,1-6H2. The average Bonchev–Trinajstić information content (AvgIpc) is 2.20. The van der Waals surface area contributed by atoms with Crippen LogP contribution < -0.4 is 0 Å². The monoisotopic (exact) mass is 198 g/mol. The van der Waals surface area contributed by atoms with Gasteiger partial charge in [-0.1, -0.05) is 0 Å². The molecule has 0 amide bonds. The SMILES string of the molecule is O=C1OCCCC1C1CCCOC1=O. The zero-order valence-electron chi connectivity index (χ0n) is 8.03. The van der Waals surface area contributed by atoms with Crippen LogP contribution in [-0.2, 0) is 19.1 Å². The zero-order valence-corrected chi connectivity index (χ0v) is 8.03. The molecule has 2 atom stereocenters. The van der Waals surface area contributed by atoms with Gasteiger partial charge in [-0.25, -0.2) is 0 Å². The lowest BCUT2D eigenvalue weighted by atomic mass is 9.83. The highest BCUT2D eigenvalue weighted by Crippen LogP contribution is 2.30. The van der Waals surface area contributed by atoms with E-state index in [1.165, 1.54) is 0 Å². The molecule has 2 aliphatic heterocycles. The van der Waals surface area contributed by atoms with E-state index in [4.69, 9.17) is 9.47 Å². The van der Waals surface area contributed by atoms with Gasteiger partial charge in [0.1, 0.15) is 0 Å². The van der Waals surface area contributed by atoms with Crippen LogP contribution in [0.15, 0.2) is 0 Å². The van der Waals surface area contributed by atoms with Crippen molar-refractivity contribution in [1.82, 2.24) is 0 Å². The van der Waals surface area contributed by atoms with Crippen molar-refractivity contribution in [2.24, 2.45) is 11.8 Å². The van der Waals surface area contributed by atoms with Gasteiger partial charge in [0.15, 0.2) is 0 Å². The fourth-order valence-electron chi connectivity index (χ4n) is 2.13. The number of cyclic esters (lactones) is 2. The van der Waals surface area contributed by atoms with Crippen molar-refractivity contribution in [1.29, 1.82) is 0 Å². The molecule has 4 heteroatoms. The lowest BCUT2D eigenvalue weighted by molar-refractivity contribution is -0.168. The first-order chi connectivity index (χ1) is 6.79. The summed E-state index contributed by atoms with van der Waals surface area (Å²) in [5.41, 5.74) is 0. The Kier molecular flexibility index (Phi) is 2.70. The van der Waals surface area contributed by atoms with E-state index in [1.54, 1.807) is 0 Å². The summed E-state index contributed by atoms with van der Waals surface area (Å²) in [5, 5.41) is 0. The van der Waals surface area contributed by atoms with E-state index >= 15 is 0 Å². The third-order valence-corrected chi connectivity index (χ3v) is 2.90. The number of carbonyl (C=O) groups excluding carboxylic acids is 2. The van der Waals surface area contributed by atoms with Gasteiger partial charge in [0.25, 0.3) is 0 Å². The van der Waals surface area contributed by atoms with Gasteiger partial charge >= 0.3 is 11.9 Å². The summed E-state index contributed by atoms with van der Waals surface area (Å²) in [5.74, 6) is -0.951. The Balaban J connectivity index is 2.04. The van der Waals surface area contributed by atoms with Crippen LogP contribution in [0.4, 0.5) is 0 Å². The number of hydrogen-bond acceptors (Lipinski definition) is 4. The second-order valence-electron chi connectivity index (χ2n) is 3.83. The van der Waals surface area contributed by atoms with Crippen molar-refractivity contribution in [2.75, 3.05) is 13.2 Å². The summed E-state index contributed by atoms with van der Waals surface area (Å²) < 4.78 is 9.89. The minimum absolute atomic E-state index is 0.222. The molecule has 2 fully saturated rings. The van der Waals surface area contributed by atoms with E-state index in [2.05, 4.69) is 0 Å². The van der Waals surface area contributed by atoms with Crippen LogP contribution in [-0.4, -0.2) is 25.2 Å². The Morgan fingerprint density at radius 1 is 0.857 bits per heavy atom. The van der Waals surface area contributed by atoms with E-state index in [0.717, 1.165) is 25.7 Å². The molecule has 0 radical (unpaired) electrons. The number of ether oxygens (including phenoxy) is 2. The Labute approximate surface area is 82.6 Å². The van der Waals surface area contributed by atoms with Gasteiger partial charge in [-0.05, 0) is 25.7 Å². The summed E-state index contributed by atoms with van der Waals surface area (Å²) in [6.07, 6.45) is 3.25. The van der Waals surface area contributed by atoms with E-state index < -0.39 is 0 Å². The molecule has 0 spiro atoms. The molecular formula is C10H14O4. The molecular weight excluding hydrogens is 184 g/mol. The molecule has 0 saturated carbocycles. The van der Waals surface area contributed by atoms with Gasteiger partial charge in [-0.2, -0.15) is 0 Å². The summed E-state index contributed by atoms with van der Waals surface area (Å²) in [4.78, 5) is 22.8. The summed E-state index contributed by atoms with van der Waals surface area (Å²) in [7, 11) is 0. The van der Waals surface area contributed by atoms with Crippen LogP contribution in [0, 0.1) is 11.8 Å². The second kappa shape index (κ2) is 3.98. The summed E-state index contributed by atoms with van der Waals surface area (Å²) >= 11 is 0. The van der Waals surface area contributed by atoms with Gasteiger partial charge in [0.05, 0.1) is 25.0 Å². The minimum Gasteiger partial charge on any atom is -0.465 e. The zero-order chi connectivity index (χ0) is 9.97. The van der Waals surface area contributed by atoms with Crippen LogP contribution in [0.5, 0.6) is 0 Å². The summed E-state index contributed by atoms with van der Waals surface area (Å²) in [6, 6.07) is 0. The lowest BCUT2D eigenvalue weighted by Crippen LogP contribution is -2.37. The fourth-order valence-corrected chi connectivity index (χ4v) is 2.13. The van der Waals surface area contributed by atoms with Crippen LogP contribution in [0.25, 0.3) is 0 Å². The molecule has 2 unspecified atom stereocenters. The predicted molar refractivity (Wildman–Crippen MR) is 47.4 cm³/mol. The number of rotatable bonds is 1. The first-order valence-corrected chi connectivity index (χ1v) is 5.12. The van der Waals surface area contributed by atoms with Crippen molar-refractivity contribution in [2.45, 2.75) is 25.7 Å². The third-order valence-electron chi connectivity index (χ3n) is 2.90. The predicted octanol–water partition coefficient (Wildman–Crippen LogP) is 0.893. The second-order valence-corrected chi connectivity index (χ2v) is 3.83. The molecule has 0 aliphatic carbocycles. The van der Waals surface area contributed by atoms with Crippen LogP contribution in [0.1, 0.15) is 25.7 Å². The highest BCUT2D eigenvalue weighted by Gasteiger charge is 2.38. The highest BCUT2D eigenvalue weighted by molar-refractivity contribution is 5.82. The number of hydrogen-bond donors (Lipinski definition) is 0. The Morgan fingerprint density at radius 3 is 1.64 bits per heavy atom. The van der Waals surface area contributed by atoms with Gasteiger partial charge < -0.3 is 9.47 Å². The van der Waals surface area contributed by atoms with E-state index in [-0.39, 0.29) is 23.8 Å². The van der Waals surface area contributed by atoms with Crippen LogP contribution in [0.2, 0.25) is 0 Å². The first kappa shape index (κ1) is 9.49. The Morgan fingerprint density at radius 2 is 1.29 bits per heavy atom. The first-order valence-electron chi connectivity index (χ1n) is 5.12. The van der Waals surface area contributed by atoms with Gasteiger partial charge in [-0.3, -0.25) is 9.59 Å². The average molecular weight is 198 g/mol. The Hall–Kier alpha value is -1.06. The maximum Gasteiger partial charge on any atom is 0.309 e. The van der Waals surface area contributed by atoms with Crippen LogP contribution in [0.3, 0.4) is 0 Å². The molecule has 2 saturated heterocycles. The molecule has 2 aliphatic rings. The van der Waals surface area contributed by atoms with Gasteiger partial charge in [0.2, 0.25) is 0 Å².